The summed E-state index contributed by atoms with van der Waals surface area (Å²) in [5.74, 6) is 0.780. The van der Waals surface area contributed by atoms with Gasteiger partial charge in [0.15, 0.2) is 0 Å². The van der Waals surface area contributed by atoms with E-state index >= 15 is 0 Å². The number of ether oxygens (including phenoxy) is 1. The third-order valence-electron chi connectivity index (χ3n) is 6.47. The molecule has 1 atom stereocenters. The average Bonchev–Trinajstić information content (AvgIpc) is 3.20. The standard InChI is InChI=1S/C26H29N3O3/c1-18-13-22-24(28-18)7-4-8-25(22)32-17-21(30)16-29-11-9-26(31,10-12-29)20-14-19-5-2-3-6-23(19)27-15-20/h2-8,13-15,21,28,30-31H,9-12,16-17H2,1H3/t21-/m0/s1. The van der Waals surface area contributed by atoms with Crippen LogP contribution >= 0.6 is 0 Å². The van der Waals surface area contributed by atoms with Crippen molar-refractivity contribution in [1.29, 1.82) is 0 Å². The van der Waals surface area contributed by atoms with Crippen LogP contribution in [0.4, 0.5) is 0 Å². The largest absolute Gasteiger partial charge is 0.490 e. The van der Waals surface area contributed by atoms with E-state index in [0.29, 0.717) is 32.5 Å². The fourth-order valence-corrected chi connectivity index (χ4v) is 4.65. The van der Waals surface area contributed by atoms with Gasteiger partial charge in [-0.1, -0.05) is 24.3 Å². The third-order valence-corrected chi connectivity index (χ3v) is 6.47. The zero-order chi connectivity index (χ0) is 22.1. The number of aromatic amines is 1. The lowest BCUT2D eigenvalue weighted by molar-refractivity contribution is -0.0373. The van der Waals surface area contributed by atoms with Crippen LogP contribution < -0.4 is 4.74 Å². The Labute approximate surface area is 187 Å². The van der Waals surface area contributed by atoms with Crippen molar-refractivity contribution in [2.24, 2.45) is 0 Å². The minimum absolute atomic E-state index is 0.235. The molecule has 5 rings (SSSR count). The van der Waals surface area contributed by atoms with Crippen molar-refractivity contribution >= 4 is 21.8 Å². The molecule has 1 aliphatic heterocycles. The molecule has 0 radical (unpaired) electrons. The highest BCUT2D eigenvalue weighted by Gasteiger charge is 2.34. The van der Waals surface area contributed by atoms with Crippen LogP contribution in [0.1, 0.15) is 24.1 Å². The van der Waals surface area contributed by atoms with E-state index in [4.69, 9.17) is 4.74 Å². The first-order valence-electron chi connectivity index (χ1n) is 11.2. The van der Waals surface area contributed by atoms with E-state index in [2.05, 4.69) is 20.9 Å². The number of H-pyrrole nitrogens is 1. The Morgan fingerprint density at radius 2 is 1.94 bits per heavy atom. The normalized spacial score (nSPS) is 17.6. The summed E-state index contributed by atoms with van der Waals surface area (Å²) in [7, 11) is 0. The van der Waals surface area contributed by atoms with Gasteiger partial charge in [0.2, 0.25) is 0 Å². The fourth-order valence-electron chi connectivity index (χ4n) is 4.65. The number of aliphatic hydroxyl groups is 2. The molecule has 3 N–H and O–H groups in total. The first-order valence-corrected chi connectivity index (χ1v) is 11.2. The fraction of sp³-hybridized carbons (Fsp3) is 0.346. The van der Waals surface area contributed by atoms with Gasteiger partial charge >= 0.3 is 0 Å². The molecule has 1 saturated heterocycles. The number of nitrogens with zero attached hydrogens (tertiary/aromatic N) is 2. The highest BCUT2D eigenvalue weighted by Crippen LogP contribution is 2.34. The lowest BCUT2D eigenvalue weighted by Gasteiger charge is -2.39. The number of aliphatic hydroxyl groups excluding tert-OH is 1. The van der Waals surface area contributed by atoms with Crippen molar-refractivity contribution in [3.05, 3.63) is 72.1 Å². The lowest BCUT2D eigenvalue weighted by atomic mass is 9.84. The van der Waals surface area contributed by atoms with E-state index in [1.54, 1.807) is 6.20 Å². The van der Waals surface area contributed by atoms with Crippen molar-refractivity contribution in [3.63, 3.8) is 0 Å². The average molecular weight is 432 g/mol. The minimum atomic E-state index is -0.878. The van der Waals surface area contributed by atoms with E-state index in [9.17, 15) is 10.2 Å². The second-order valence-corrected chi connectivity index (χ2v) is 8.88. The Kier molecular flexibility index (Phi) is 5.59. The number of aryl methyl sites for hydroxylation is 1. The third kappa shape index (κ3) is 4.21. The topological polar surface area (TPSA) is 81.6 Å². The summed E-state index contributed by atoms with van der Waals surface area (Å²) in [5, 5.41) is 23.9. The molecule has 0 spiro atoms. The minimum Gasteiger partial charge on any atom is -0.490 e. The van der Waals surface area contributed by atoms with Gasteiger partial charge < -0.3 is 24.8 Å². The first kappa shape index (κ1) is 20.9. The van der Waals surface area contributed by atoms with Crippen LogP contribution in [0, 0.1) is 6.92 Å². The van der Waals surface area contributed by atoms with Gasteiger partial charge in [-0.15, -0.1) is 0 Å². The number of pyridine rings is 1. The Hall–Kier alpha value is -2.93. The number of benzene rings is 2. The monoisotopic (exact) mass is 431 g/mol. The van der Waals surface area contributed by atoms with Crippen molar-refractivity contribution in [2.75, 3.05) is 26.2 Å². The van der Waals surface area contributed by atoms with Gasteiger partial charge in [0.1, 0.15) is 18.5 Å². The van der Waals surface area contributed by atoms with Gasteiger partial charge in [0.25, 0.3) is 0 Å². The van der Waals surface area contributed by atoms with Gasteiger partial charge in [0, 0.05) is 53.4 Å². The predicted octanol–water partition coefficient (Wildman–Crippen LogP) is 3.75. The second-order valence-electron chi connectivity index (χ2n) is 8.88. The summed E-state index contributed by atoms with van der Waals surface area (Å²) in [4.78, 5) is 10.0. The van der Waals surface area contributed by atoms with Crippen molar-refractivity contribution in [2.45, 2.75) is 31.5 Å². The smallest absolute Gasteiger partial charge is 0.128 e. The van der Waals surface area contributed by atoms with E-state index < -0.39 is 11.7 Å². The predicted molar refractivity (Wildman–Crippen MR) is 126 cm³/mol. The van der Waals surface area contributed by atoms with Gasteiger partial charge in [-0.05, 0) is 50.1 Å². The lowest BCUT2D eigenvalue weighted by Crippen LogP contribution is -2.46. The number of nitrogens with one attached hydrogen (secondary N) is 1. The van der Waals surface area contributed by atoms with E-state index in [-0.39, 0.29) is 6.61 Å². The molecule has 166 valence electrons. The number of hydrogen-bond donors (Lipinski definition) is 3. The summed E-state index contributed by atoms with van der Waals surface area (Å²) in [6.45, 7) is 4.21. The quantitative estimate of drug-likeness (QED) is 0.433. The van der Waals surface area contributed by atoms with Crippen LogP contribution in [0.3, 0.4) is 0 Å². The molecule has 2 aromatic heterocycles. The zero-order valence-electron chi connectivity index (χ0n) is 18.3. The number of rotatable bonds is 6. The number of fused-ring (bicyclic) bond motifs is 2. The van der Waals surface area contributed by atoms with E-state index in [1.165, 1.54) is 0 Å². The highest BCUT2D eigenvalue weighted by atomic mass is 16.5. The van der Waals surface area contributed by atoms with Crippen LogP contribution in [-0.4, -0.2) is 57.4 Å². The zero-order valence-corrected chi connectivity index (χ0v) is 18.3. The maximum Gasteiger partial charge on any atom is 0.128 e. The summed E-state index contributed by atoms with van der Waals surface area (Å²) in [5.41, 5.74) is 3.05. The molecule has 0 saturated carbocycles. The van der Waals surface area contributed by atoms with Crippen LogP contribution in [0.15, 0.2) is 60.8 Å². The number of piperidine rings is 1. The van der Waals surface area contributed by atoms with Crippen LogP contribution in [0.2, 0.25) is 0 Å². The first-order chi connectivity index (χ1) is 15.5. The molecule has 6 nitrogen and oxygen atoms in total. The molecular formula is C26H29N3O3. The number of para-hydroxylation sites is 1. The molecule has 2 aromatic carbocycles. The summed E-state index contributed by atoms with van der Waals surface area (Å²) in [6, 6.07) is 18.0. The number of aromatic nitrogens is 2. The maximum absolute atomic E-state index is 11.3. The Bertz CT molecular complexity index is 1230. The molecule has 0 amide bonds. The van der Waals surface area contributed by atoms with Gasteiger partial charge in [0.05, 0.1) is 11.1 Å². The number of β-amino-alcohol motifs (C(OH)–C–C–N with tert-alkyl or cyclic N) is 1. The van der Waals surface area contributed by atoms with Crippen LogP contribution in [0.5, 0.6) is 5.75 Å². The molecule has 0 bridgehead atoms. The molecule has 1 fully saturated rings. The van der Waals surface area contributed by atoms with Gasteiger partial charge in [-0.2, -0.15) is 0 Å². The maximum atomic E-state index is 11.3. The molecule has 0 unspecified atom stereocenters. The number of likely N-dealkylation sites (tertiary alicyclic amines) is 1. The van der Waals surface area contributed by atoms with E-state index in [1.807, 2.05) is 55.5 Å². The van der Waals surface area contributed by atoms with Crippen molar-refractivity contribution in [3.8, 4) is 5.75 Å². The van der Waals surface area contributed by atoms with Crippen LogP contribution in [0.25, 0.3) is 21.8 Å². The molecule has 32 heavy (non-hydrogen) atoms. The van der Waals surface area contributed by atoms with E-state index in [0.717, 1.165) is 38.8 Å². The molecule has 4 aromatic rings. The summed E-state index contributed by atoms with van der Waals surface area (Å²) < 4.78 is 5.93. The molecular weight excluding hydrogens is 402 g/mol. The van der Waals surface area contributed by atoms with Gasteiger partial charge in [-0.25, -0.2) is 0 Å². The second kappa shape index (κ2) is 8.54. The molecule has 0 aliphatic carbocycles. The Balaban J connectivity index is 1.17. The van der Waals surface area contributed by atoms with Crippen molar-refractivity contribution in [1.82, 2.24) is 14.9 Å². The molecule has 6 heteroatoms. The SMILES string of the molecule is Cc1cc2c(OC[C@@H](O)CN3CCC(O)(c4cnc5ccccc5c4)CC3)cccc2[nH]1. The highest BCUT2D eigenvalue weighted by molar-refractivity contribution is 5.86. The summed E-state index contributed by atoms with van der Waals surface area (Å²) >= 11 is 0. The summed E-state index contributed by atoms with van der Waals surface area (Å²) in [6.07, 6.45) is 2.42. The Morgan fingerprint density at radius 1 is 1.12 bits per heavy atom. The Morgan fingerprint density at radius 3 is 2.78 bits per heavy atom. The number of hydrogen-bond acceptors (Lipinski definition) is 5. The molecule has 1 aliphatic rings. The van der Waals surface area contributed by atoms with Crippen LogP contribution in [-0.2, 0) is 5.60 Å². The molecule has 3 heterocycles. The van der Waals surface area contributed by atoms with Crippen molar-refractivity contribution < 1.29 is 14.9 Å². The van der Waals surface area contributed by atoms with Gasteiger partial charge in [-0.3, -0.25) is 4.98 Å².